The zero-order valence-electron chi connectivity index (χ0n) is 19.5. The van der Waals surface area contributed by atoms with Gasteiger partial charge in [0.2, 0.25) is 5.95 Å². The summed E-state index contributed by atoms with van der Waals surface area (Å²) >= 11 is 0. The predicted octanol–water partition coefficient (Wildman–Crippen LogP) is 4.63. The molecule has 0 atom stereocenters. The van der Waals surface area contributed by atoms with Crippen LogP contribution in [0.3, 0.4) is 0 Å². The van der Waals surface area contributed by atoms with Gasteiger partial charge in [-0.25, -0.2) is 15.0 Å². The van der Waals surface area contributed by atoms with Crippen LogP contribution in [-0.2, 0) is 19.4 Å². The van der Waals surface area contributed by atoms with Crippen LogP contribution in [0, 0.1) is 0 Å². The normalized spacial score (nSPS) is 13.4. The first kappa shape index (κ1) is 21.2. The fourth-order valence-electron chi connectivity index (χ4n) is 4.51. The maximum Gasteiger partial charge on any atom is 0.208 e. The molecular weight excluding hydrogens is 412 g/mol. The first-order chi connectivity index (χ1) is 16.1. The molecule has 0 radical (unpaired) electrons. The molecule has 1 aliphatic rings. The SMILES string of the molecule is COc1ccc(CCNc2ncnc3c2nc(N2CCc4ccccc4C2)n3C(C)C)cc1. The summed E-state index contributed by atoms with van der Waals surface area (Å²) in [6.07, 6.45) is 3.54. The third-order valence-corrected chi connectivity index (χ3v) is 6.25. The van der Waals surface area contributed by atoms with Crippen LogP contribution in [0.25, 0.3) is 11.2 Å². The van der Waals surface area contributed by atoms with Gasteiger partial charge in [0.1, 0.15) is 12.1 Å². The molecule has 0 unspecified atom stereocenters. The Bertz CT molecular complexity index is 1250. The summed E-state index contributed by atoms with van der Waals surface area (Å²) in [5.74, 6) is 2.62. The molecular formula is C26H30N6O. The predicted molar refractivity (Wildman–Crippen MR) is 132 cm³/mol. The van der Waals surface area contributed by atoms with Crippen LogP contribution in [0.1, 0.15) is 36.6 Å². The molecule has 170 valence electrons. The lowest BCUT2D eigenvalue weighted by atomic mass is 10.0. The number of rotatable bonds is 7. The van der Waals surface area contributed by atoms with Crippen molar-refractivity contribution in [2.75, 3.05) is 30.4 Å². The van der Waals surface area contributed by atoms with Crippen LogP contribution in [0.5, 0.6) is 5.75 Å². The third-order valence-electron chi connectivity index (χ3n) is 6.25. The fourth-order valence-corrected chi connectivity index (χ4v) is 4.51. The number of aromatic nitrogens is 4. The highest BCUT2D eigenvalue weighted by Crippen LogP contribution is 2.31. The van der Waals surface area contributed by atoms with E-state index in [1.165, 1.54) is 16.7 Å². The number of imidazole rings is 1. The van der Waals surface area contributed by atoms with Gasteiger partial charge in [0.15, 0.2) is 17.0 Å². The Hall–Kier alpha value is -3.61. The van der Waals surface area contributed by atoms with Gasteiger partial charge in [-0.1, -0.05) is 36.4 Å². The van der Waals surface area contributed by atoms with Gasteiger partial charge < -0.3 is 15.0 Å². The number of benzene rings is 2. The zero-order valence-corrected chi connectivity index (χ0v) is 19.5. The van der Waals surface area contributed by atoms with Gasteiger partial charge in [-0.15, -0.1) is 0 Å². The average Bonchev–Trinajstić information content (AvgIpc) is 3.25. The Morgan fingerprint density at radius 2 is 1.82 bits per heavy atom. The van der Waals surface area contributed by atoms with Gasteiger partial charge in [0, 0.05) is 25.7 Å². The molecule has 4 aromatic rings. The van der Waals surface area contributed by atoms with E-state index in [1.54, 1.807) is 13.4 Å². The van der Waals surface area contributed by atoms with Crippen molar-refractivity contribution in [1.82, 2.24) is 19.5 Å². The molecule has 7 heteroatoms. The molecule has 0 saturated carbocycles. The maximum absolute atomic E-state index is 5.25. The minimum atomic E-state index is 0.240. The van der Waals surface area contributed by atoms with Crippen LogP contribution >= 0.6 is 0 Å². The van der Waals surface area contributed by atoms with E-state index in [0.29, 0.717) is 0 Å². The summed E-state index contributed by atoms with van der Waals surface area (Å²) in [6.45, 7) is 6.93. The van der Waals surface area contributed by atoms with Crippen molar-refractivity contribution in [3.63, 3.8) is 0 Å². The highest BCUT2D eigenvalue weighted by atomic mass is 16.5. The van der Waals surface area contributed by atoms with Gasteiger partial charge in [-0.3, -0.25) is 4.57 Å². The van der Waals surface area contributed by atoms with Gasteiger partial charge in [0.25, 0.3) is 0 Å². The summed E-state index contributed by atoms with van der Waals surface area (Å²) in [4.78, 5) is 16.6. The minimum absolute atomic E-state index is 0.240. The topological polar surface area (TPSA) is 68.1 Å². The van der Waals surface area contributed by atoms with Gasteiger partial charge >= 0.3 is 0 Å². The molecule has 0 fully saturated rings. The monoisotopic (exact) mass is 442 g/mol. The van der Waals surface area contributed by atoms with Crippen molar-refractivity contribution in [3.05, 3.63) is 71.5 Å². The van der Waals surface area contributed by atoms with Gasteiger partial charge in [0.05, 0.1) is 7.11 Å². The highest BCUT2D eigenvalue weighted by molar-refractivity contribution is 5.85. The van der Waals surface area contributed by atoms with Crippen LogP contribution in [-0.4, -0.2) is 39.7 Å². The van der Waals surface area contributed by atoms with Crippen LogP contribution in [0.4, 0.5) is 11.8 Å². The highest BCUT2D eigenvalue weighted by Gasteiger charge is 2.25. The van der Waals surface area contributed by atoms with Crippen molar-refractivity contribution in [1.29, 1.82) is 0 Å². The largest absolute Gasteiger partial charge is 0.497 e. The molecule has 0 bridgehead atoms. The Kier molecular flexibility index (Phi) is 5.86. The quantitative estimate of drug-likeness (QED) is 0.450. The first-order valence-corrected chi connectivity index (χ1v) is 11.6. The lowest BCUT2D eigenvalue weighted by molar-refractivity contribution is 0.414. The number of nitrogens with zero attached hydrogens (tertiary/aromatic N) is 5. The maximum atomic E-state index is 5.25. The first-order valence-electron chi connectivity index (χ1n) is 11.6. The van der Waals surface area contributed by atoms with Crippen LogP contribution in [0.2, 0.25) is 0 Å². The smallest absolute Gasteiger partial charge is 0.208 e. The number of nitrogens with one attached hydrogen (secondary N) is 1. The van der Waals surface area contributed by atoms with E-state index < -0.39 is 0 Å². The number of hydrogen-bond acceptors (Lipinski definition) is 6. The van der Waals surface area contributed by atoms with Gasteiger partial charge in [-0.05, 0) is 55.5 Å². The van der Waals surface area contributed by atoms with E-state index in [0.717, 1.165) is 61.2 Å². The summed E-state index contributed by atoms with van der Waals surface area (Å²) in [6, 6.07) is 17.1. The Labute approximate surface area is 194 Å². The minimum Gasteiger partial charge on any atom is -0.497 e. The molecule has 3 heterocycles. The van der Waals surface area contributed by atoms with Crippen molar-refractivity contribution in [2.24, 2.45) is 0 Å². The second-order valence-corrected chi connectivity index (χ2v) is 8.74. The molecule has 7 nitrogen and oxygen atoms in total. The Morgan fingerprint density at radius 1 is 1.03 bits per heavy atom. The molecule has 2 aromatic carbocycles. The Balaban J connectivity index is 1.40. The van der Waals surface area contributed by atoms with Crippen molar-refractivity contribution in [3.8, 4) is 5.75 Å². The van der Waals surface area contributed by atoms with Crippen molar-refractivity contribution < 1.29 is 4.74 Å². The number of anilines is 2. The van der Waals surface area contributed by atoms with Crippen LogP contribution in [0.15, 0.2) is 54.9 Å². The molecule has 0 amide bonds. The summed E-state index contributed by atoms with van der Waals surface area (Å²) in [5, 5.41) is 3.49. The molecule has 0 spiro atoms. The second-order valence-electron chi connectivity index (χ2n) is 8.74. The van der Waals surface area contributed by atoms with Gasteiger partial charge in [-0.2, -0.15) is 0 Å². The van der Waals surface area contributed by atoms with Crippen molar-refractivity contribution in [2.45, 2.75) is 39.3 Å². The van der Waals surface area contributed by atoms with E-state index in [1.807, 2.05) is 12.1 Å². The third kappa shape index (κ3) is 4.23. The van der Waals surface area contributed by atoms with E-state index in [9.17, 15) is 0 Å². The van der Waals surface area contributed by atoms with E-state index in [-0.39, 0.29) is 6.04 Å². The summed E-state index contributed by atoms with van der Waals surface area (Å²) in [5.41, 5.74) is 5.75. The van der Waals surface area contributed by atoms with E-state index in [4.69, 9.17) is 9.72 Å². The molecule has 2 aromatic heterocycles. The number of ether oxygens (including phenoxy) is 1. The van der Waals surface area contributed by atoms with Crippen LogP contribution < -0.4 is 15.0 Å². The molecule has 5 rings (SSSR count). The molecule has 0 saturated heterocycles. The number of fused-ring (bicyclic) bond motifs is 2. The fraction of sp³-hybridized carbons (Fsp3) is 0.346. The standard InChI is InChI=1S/C26H30N6O/c1-18(2)32-25-23(30-26(32)31-15-13-20-6-4-5-7-21(20)16-31)24(28-17-29-25)27-14-12-19-8-10-22(33-3)11-9-19/h4-11,17-18H,12-16H2,1-3H3,(H,27,28,29). The summed E-state index contributed by atoms with van der Waals surface area (Å²) in [7, 11) is 1.68. The number of hydrogen-bond donors (Lipinski definition) is 1. The second kappa shape index (κ2) is 9.10. The number of methoxy groups -OCH3 is 1. The van der Waals surface area contributed by atoms with Crippen molar-refractivity contribution >= 4 is 22.9 Å². The molecule has 0 aliphatic carbocycles. The lowest BCUT2D eigenvalue weighted by Crippen LogP contribution is -2.32. The molecule has 1 N–H and O–H groups in total. The molecule has 1 aliphatic heterocycles. The zero-order chi connectivity index (χ0) is 22.8. The summed E-state index contributed by atoms with van der Waals surface area (Å²) < 4.78 is 7.48. The van der Waals surface area contributed by atoms with E-state index >= 15 is 0 Å². The lowest BCUT2D eigenvalue weighted by Gasteiger charge is -2.30. The molecule has 33 heavy (non-hydrogen) atoms. The average molecular weight is 443 g/mol. The van der Waals surface area contributed by atoms with E-state index in [2.05, 4.69) is 75.0 Å². The Morgan fingerprint density at radius 3 is 2.58 bits per heavy atom.